The Morgan fingerprint density at radius 2 is 2.04 bits per heavy atom. The molecule has 0 spiro atoms. The van der Waals surface area contributed by atoms with Gasteiger partial charge in [0.25, 0.3) is 0 Å². The van der Waals surface area contributed by atoms with Crippen molar-refractivity contribution in [1.29, 1.82) is 0 Å². The van der Waals surface area contributed by atoms with Gasteiger partial charge in [-0.05, 0) is 37.3 Å². The largest absolute Gasteiger partial charge is 0.493 e. The van der Waals surface area contributed by atoms with E-state index in [0.29, 0.717) is 24.7 Å². The van der Waals surface area contributed by atoms with Gasteiger partial charge in [-0.25, -0.2) is 4.98 Å². The standard InChI is InChI=1S/C18H18N2O3S/c1-3-22-15-9-8-13(10-16(15)21-2)11-19-23-12-18-20-14-6-4-5-7-17(14)24-18/h4-11H,3,12H2,1-2H3/b19-11-. The number of ether oxygens (including phenoxy) is 2. The van der Waals surface area contributed by atoms with Crippen molar-refractivity contribution in [2.75, 3.05) is 13.7 Å². The lowest BCUT2D eigenvalue weighted by Crippen LogP contribution is -1.96. The molecule has 24 heavy (non-hydrogen) atoms. The fourth-order valence-electron chi connectivity index (χ4n) is 2.21. The molecule has 0 aliphatic rings. The lowest BCUT2D eigenvalue weighted by Gasteiger charge is -2.09. The Labute approximate surface area is 144 Å². The van der Waals surface area contributed by atoms with Crippen molar-refractivity contribution < 1.29 is 14.3 Å². The molecular weight excluding hydrogens is 324 g/mol. The van der Waals surface area contributed by atoms with E-state index in [1.165, 1.54) is 0 Å². The monoisotopic (exact) mass is 342 g/mol. The van der Waals surface area contributed by atoms with E-state index >= 15 is 0 Å². The van der Waals surface area contributed by atoms with Gasteiger partial charge in [0.15, 0.2) is 18.1 Å². The highest BCUT2D eigenvalue weighted by atomic mass is 32.1. The molecular formula is C18H18N2O3S. The van der Waals surface area contributed by atoms with Gasteiger partial charge in [0.05, 0.1) is 30.1 Å². The van der Waals surface area contributed by atoms with Gasteiger partial charge in [-0.2, -0.15) is 0 Å². The highest BCUT2D eigenvalue weighted by molar-refractivity contribution is 7.18. The molecule has 5 nitrogen and oxygen atoms in total. The topological polar surface area (TPSA) is 52.9 Å². The first-order valence-electron chi connectivity index (χ1n) is 7.60. The summed E-state index contributed by atoms with van der Waals surface area (Å²) in [5, 5.41) is 4.90. The molecule has 124 valence electrons. The average Bonchev–Trinajstić information content (AvgIpc) is 3.02. The maximum Gasteiger partial charge on any atom is 0.168 e. The zero-order valence-electron chi connectivity index (χ0n) is 13.6. The average molecular weight is 342 g/mol. The van der Waals surface area contributed by atoms with Crippen molar-refractivity contribution in [2.24, 2.45) is 5.16 Å². The molecule has 1 aromatic heterocycles. The zero-order chi connectivity index (χ0) is 16.8. The van der Waals surface area contributed by atoms with Gasteiger partial charge in [-0.1, -0.05) is 17.3 Å². The van der Waals surface area contributed by atoms with Crippen LogP contribution in [-0.2, 0) is 11.4 Å². The molecule has 0 radical (unpaired) electrons. The third-order valence-electron chi connectivity index (χ3n) is 3.29. The minimum Gasteiger partial charge on any atom is -0.493 e. The predicted molar refractivity (Wildman–Crippen MR) is 96.2 cm³/mol. The molecule has 0 amide bonds. The van der Waals surface area contributed by atoms with E-state index in [9.17, 15) is 0 Å². The number of hydrogen-bond acceptors (Lipinski definition) is 6. The Bertz CT molecular complexity index is 812. The lowest BCUT2D eigenvalue weighted by atomic mass is 10.2. The summed E-state index contributed by atoms with van der Waals surface area (Å²) in [6.07, 6.45) is 1.64. The number of hydrogen-bond donors (Lipinski definition) is 0. The summed E-state index contributed by atoms with van der Waals surface area (Å²) in [6.45, 7) is 2.88. The first kappa shape index (κ1) is 16.3. The second-order valence-electron chi connectivity index (χ2n) is 4.93. The van der Waals surface area contributed by atoms with Crippen molar-refractivity contribution in [3.05, 3.63) is 53.0 Å². The molecule has 0 N–H and O–H groups in total. The fourth-order valence-corrected chi connectivity index (χ4v) is 3.09. The van der Waals surface area contributed by atoms with Crippen LogP contribution in [0.15, 0.2) is 47.6 Å². The quantitative estimate of drug-likeness (QED) is 0.476. The van der Waals surface area contributed by atoms with Crippen LogP contribution in [0.3, 0.4) is 0 Å². The minimum absolute atomic E-state index is 0.351. The Kier molecular flexibility index (Phi) is 5.28. The number of thiazole rings is 1. The van der Waals surface area contributed by atoms with Crippen LogP contribution >= 0.6 is 11.3 Å². The van der Waals surface area contributed by atoms with Gasteiger partial charge >= 0.3 is 0 Å². The van der Waals surface area contributed by atoms with Crippen molar-refractivity contribution in [1.82, 2.24) is 4.98 Å². The Hall–Kier alpha value is -2.60. The Morgan fingerprint density at radius 3 is 2.83 bits per heavy atom. The summed E-state index contributed by atoms with van der Waals surface area (Å²) >= 11 is 1.61. The molecule has 0 aliphatic heterocycles. The Balaban J connectivity index is 1.61. The molecule has 0 atom stereocenters. The third kappa shape index (κ3) is 3.83. The van der Waals surface area contributed by atoms with Gasteiger partial charge < -0.3 is 14.3 Å². The van der Waals surface area contributed by atoms with Crippen LogP contribution in [-0.4, -0.2) is 24.9 Å². The fraction of sp³-hybridized carbons (Fsp3) is 0.222. The van der Waals surface area contributed by atoms with Crippen LogP contribution in [0.4, 0.5) is 0 Å². The molecule has 2 aromatic carbocycles. The summed E-state index contributed by atoms with van der Waals surface area (Å²) in [5.41, 5.74) is 1.86. The summed E-state index contributed by atoms with van der Waals surface area (Å²) in [4.78, 5) is 9.85. The van der Waals surface area contributed by atoms with Gasteiger partial charge in [0.1, 0.15) is 5.01 Å². The van der Waals surface area contributed by atoms with E-state index in [1.54, 1.807) is 24.7 Å². The SMILES string of the molecule is CCOc1ccc(/C=N\OCc2nc3ccccc3s2)cc1OC. The van der Waals surface area contributed by atoms with E-state index in [1.807, 2.05) is 49.4 Å². The van der Waals surface area contributed by atoms with E-state index < -0.39 is 0 Å². The van der Waals surface area contributed by atoms with E-state index in [0.717, 1.165) is 20.8 Å². The van der Waals surface area contributed by atoms with Crippen LogP contribution in [0.5, 0.6) is 11.5 Å². The number of benzene rings is 2. The molecule has 0 saturated heterocycles. The molecule has 0 fully saturated rings. The second-order valence-corrected chi connectivity index (χ2v) is 6.04. The zero-order valence-corrected chi connectivity index (χ0v) is 14.4. The van der Waals surface area contributed by atoms with Crippen molar-refractivity contribution in [3.8, 4) is 11.5 Å². The molecule has 3 rings (SSSR count). The van der Waals surface area contributed by atoms with Crippen LogP contribution in [0.1, 0.15) is 17.5 Å². The van der Waals surface area contributed by atoms with E-state index in [4.69, 9.17) is 14.3 Å². The molecule has 0 bridgehead atoms. The third-order valence-corrected chi connectivity index (χ3v) is 4.30. The second kappa shape index (κ2) is 7.79. The summed E-state index contributed by atoms with van der Waals surface area (Å²) in [7, 11) is 1.61. The molecule has 0 aliphatic carbocycles. The summed E-state index contributed by atoms with van der Waals surface area (Å²) < 4.78 is 11.9. The van der Waals surface area contributed by atoms with Crippen molar-refractivity contribution in [3.63, 3.8) is 0 Å². The molecule has 6 heteroatoms. The highest BCUT2D eigenvalue weighted by Crippen LogP contribution is 2.27. The van der Waals surface area contributed by atoms with Gasteiger partial charge in [-0.15, -0.1) is 11.3 Å². The highest BCUT2D eigenvalue weighted by Gasteiger charge is 2.05. The number of fused-ring (bicyclic) bond motifs is 1. The normalized spacial score (nSPS) is 11.1. The molecule has 0 saturated carbocycles. The lowest BCUT2D eigenvalue weighted by molar-refractivity contribution is 0.132. The van der Waals surface area contributed by atoms with Crippen molar-refractivity contribution in [2.45, 2.75) is 13.5 Å². The number of oxime groups is 1. The van der Waals surface area contributed by atoms with Crippen LogP contribution < -0.4 is 9.47 Å². The smallest absolute Gasteiger partial charge is 0.168 e. The maximum absolute atomic E-state index is 5.49. The van der Waals surface area contributed by atoms with E-state index in [2.05, 4.69) is 10.1 Å². The number of nitrogens with zero attached hydrogens (tertiary/aromatic N) is 2. The first-order chi connectivity index (χ1) is 11.8. The molecule has 3 aromatic rings. The molecule has 1 heterocycles. The minimum atomic E-state index is 0.351. The predicted octanol–water partition coefficient (Wildman–Crippen LogP) is 4.25. The first-order valence-corrected chi connectivity index (χ1v) is 8.42. The number of methoxy groups -OCH3 is 1. The van der Waals surface area contributed by atoms with Crippen molar-refractivity contribution >= 4 is 27.8 Å². The summed E-state index contributed by atoms with van der Waals surface area (Å²) in [6, 6.07) is 13.6. The van der Waals surface area contributed by atoms with Gasteiger partial charge in [-0.3, -0.25) is 0 Å². The Morgan fingerprint density at radius 1 is 1.17 bits per heavy atom. The van der Waals surface area contributed by atoms with Crippen LogP contribution in [0.2, 0.25) is 0 Å². The van der Waals surface area contributed by atoms with Crippen LogP contribution in [0.25, 0.3) is 10.2 Å². The maximum atomic E-state index is 5.49. The summed E-state index contributed by atoms with van der Waals surface area (Å²) in [5.74, 6) is 1.39. The van der Waals surface area contributed by atoms with Gasteiger partial charge in [0, 0.05) is 5.56 Å². The van der Waals surface area contributed by atoms with E-state index in [-0.39, 0.29) is 0 Å². The number of para-hydroxylation sites is 1. The van der Waals surface area contributed by atoms with Crippen LogP contribution in [0, 0.1) is 0 Å². The van der Waals surface area contributed by atoms with Gasteiger partial charge in [0.2, 0.25) is 0 Å². The number of rotatable bonds is 7. The molecule has 0 unspecified atom stereocenters. The number of aromatic nitrogens is 1.